The molecule has 4 nitrogen and oxygen atoms in total. The van der Waals surface area contributed by atoms with Gasteiger partial charge in [0.1, 0.15) is 12.6 Å². The van der Waals surface area contributed by atoms with Crippen LogP contribution >= 0.6 is 0 Å². The van der Waals surface area contributed by atoms with E-state index >= 15 is 0 Å². The number of aliphatic hydroxyl groups excluding tert-OH is 1. The first kappa shape index (κ1) is 9.44. The third-order valence-electron chi connectivity index (χ3n) is 0.170. The van der Waals surface area contributed by atoms with Crippen LogP contribution in [0.1, 0.15) is 0 Å². The molecule has 0 fully saturated rings. The summed E-state index contributed by atoms with van der Waals surface area (Å²) in [6.45, 7) is 1.67. The van der Waals surface area contributed by atoms with Crippen molar-refractivity contribution in [3.63, 3.8) is 0 Å². The van der Waals surface area contributed by atoms with Crippen LogP contribution in [0.5, 0.6) is 0 Å². The van der Waals surface area contributed by atoms with Gasteiger partial charge in [0.25, 0.3) is 0 Å². The number of hydrogen-bond acceptors (Lipinski definition) is 3. The fourth-order valence-electron chi connectivity index (χ4n) is 0. The molecule has 0 aliphatic rings. The SMILES string of the molecule is C=O.N=C(N)CO. The fourth-order valence-corrected chi connectivity index (χ4v) is 0. The summed E-state index contributed by atoms with van der Waals surface area (Å²) < 4.78 is 0. The van der Waals surface area contributed by atoms with E-state index in [1.807, 2.05) is 6.79 Å². The van der Waals surface area contributed by atoms with Crippen LogP contribution in [0.3, 0.4) is 0 Å². The molecule has 0 atom stereocenters. The lowest BCUT2D eigenvalue weighted by molar-refractivity contribution is -0.0979. The van der Waals surface area contributed by atoms with E-state index < -0.39 is 0 Å². The van der Waals surface area contributed by atoms with Gasteiger partial charge in [0.15, 0.2) is 0 Å². The summed E-state index contributed by atoms with van der Waals surface area (Å²) in [7, 11) is 0. The average Bonchev–Trinajstić information content (AvgIpc) is 1.73. The number of carbonyl (C=O) groups excluding carboxylic acids is 1. The smallest absolute Gasteiger partial charge is 0.117 e. The molecule has 0 aromatic carbocycles. The first-order valence-corrected chi connectivity index (χ1v) is 1.50. The van der Waals surface area contributed by atoms with Gasteiger partial charge in [0.05, 0.1) is 6.61 Å². The molecule has 0 saturated heterocycles. The highest BCUT2D eigenvalue weighted by atomic mass is 16.3. The van der Waals surface area contributed by atoms with Gasteiger partial charge in [-0.3, -0.25) is 5.41 Å². The van der Waals surface area contributed by atoms with Gasteiger partial charge in [0, 0.05) is 0 Å². The van der Waals surface area contributed by atoms with Crippen molar-refractivity contribution < 1.29 is 9.90 Å². The van der Waals surface area contributed by atoms with Crippen molar-refractivity contribution in [3.05, 3.63) is 0 Å². The normalized spacial score (nSPS) is 5.86. The van der Waals surface area contributed by atoms with Gasteiger partial charge in [-0.1, -0.05) is 0 Å². The van der Waals surface area contributed by atoms with Crippen LogP contribution in [0.4, 0.5) is 0 Å². The predicted octanol–water partition coefficient (Wildman–Crippen LogP) is -1.27. The summed E-state index contributed by atoms with van der Waals surface area (Å²) in [4.78, 5) is 8.00. The van der Waals surface area contributed by atoms with E-state index in [4.69, 9.17) is 15.3 Å². The molecule has 4 heteroatoms. The van der Waals surface area contributed by atoms with Crippen molar-refractivity contribution in [1.29, 1.82) is 5.41 Å². The Morgan fingerprint density at radius 3 is 2.00 bits per heavy atom. The second-order valence-corrected chi connectivity index (χ2v) is 0.683. The molecule has 0 aromatic rings. The maximum atomic E-state index is 8.00. The number of amidine groups is 1. The molecule has 0 saturated carbocycles. The number of aliphatic hydroxyl groups is 1. The summed E-state index contributed by atoms with van der Waals surface area (Å²) in [5.74, 6) is -0.190. The minimum absolute atomic E-state index is 0.190. The van der Waals surface area contributed by atoms with Gasteiger partial charge < -0.3 is 15.6 Å². The molecule has 0 unspecified atom stereocenters. The van der Waals surface area contributed by atoms with Crippen LogP contribution in [0.15, 0.2) is 0 Å². The van der Waals surface area contributed by atoms with Gasteiger partial charge in [-0.15, -0.1) is 0 Å². The van der Waals surface area contributed by atoms with Gasteiger partial charge in [-0.2, -0.15) is 0 Å². The first-order chi connectivity index (χ1) is 3.27. The van der Waals surface area contributed by atoms with Crippen LogP contribution in [0.25, 0.3) is 0 Å². The summed E-state index contributed by atoms with van der Waals surface area (Å²) in [5, 5.41) is 14.1. The lowest BCUT2D eigenvalue weighted by atomic mass is 10.7. The molecule has 0 aliphatic heterocycles. The van der Waals surface area contributed by atoms with Gasteiger partial charge in [0.2, 0.25) is 0 Å². The zero-order chi connectivity index (χ0) is 6.28. The van der Waals surface area contributed by atoms with Crippen LogP contribution in [0.2, 0.25) is 0 Å². The van der Waals surface area contributed by atoms with Crippen molar-refractivity contribution >= 4 is 12.6 Å². The maximum Gasteiger partial charge on any atom is 0.117 e. The van der Waals surface area contributed by atoms with E-state index in [1.54, 1.807) is 0 Å². The minimum Gasteiger partial charge on any atom is -0.388 e. The molecule has 42 valence electrons. The second-order valence-electron chi connectivity index (χ2n) is 0.683. The van der Waals surface area contributed by atoms with Crippen molar-refractivity contribution in [2.24, 2.45) is 5.73 Å². The van der Waals surface area contributed by atoms with E-state index in [0.717, 1.165) is 0 Å². The summed E-state index contributed by atoms with van der Waals surface area (Å²) >= 11 is 0. The van der Waals surface area contributed by atoms with Crippen LogP contribution in [-0.4, -0.2) is 24.3 Å². The molecule has 0 spiro atoms. The number of nitrogens with one attached hydrogen (secondary N) is 1. The van der Waals surface area contributed by atoms with Gasteiger partial charge in [-0.25, -0.2) is 0 Å². The third-order valence-corrected chi connectivity index (χ3v) is 0.170. The van der Waals surface area contributed by atoms with Crippen LogP contribution in [-0.2, 0) is 4.79 Å². The molecular formula is C3H8N2O2. The largest absolute Gasteiger partial charge is 0.388 e. The number of hydrogen-bond donors (Lipinski definition) is 3. The van der Waals surface area contributed by atoms with E-state index in [1.165, 1.54) is 0 Å². The van der Waals surface area contributed by atoms with E-state index in [9.17, 15) is 0 Å². The summed E-state index contributed by atoms with van der Waals surface area (Å²) in [5.41, 5.74) is 4.62. The number of carbonyl (C=O) groups is 1. The standard InChI is InChI=1S/C2H6N2O.CH2O/c3-2(4)1-5;1-2/h5H,1H2,(H3,3,4);1H2. The average molecular weight is 104 g/mol. The molecule has 0 heterocycles. The zero-order valence-electron chi connectivity index (χ0n) is 3.85. The quantitative estimate of drug-likeness (QED) is 0.286. The zero-order valence-corrected chi connectivity index (χ0v) is 3.85. The lowest BCUT2D eigenvalue weighted by Crippen LogP contribution is -2.13. The summed E-state index contributed by atoms with van der Waals surface area (Å²) in [6.07, 6.45) is 0. The fraction of sp³-hybridized carbons (Fsp3) is 0.333. The molecule has 0 amide bonds. The molecule has 0 radical (unpaired) electrons. The van der Waals surface area contributed by atoms with Crippen molar-refractivity contribution in [2.45, 2.75) is 0 Å². The Morgan fingerprint density at radius 1 is 1.86 bits per heavy atom. The molecule has 0 aliphatic carbocycles. The van der Waals surface area contributed by atoms with Crippen molar-refractivity contribution in [2.75, 3.05) is 6.61 Å². The van der Waals surface area contributed by atoms with Crippen molar-refractivity contribution in [1.82, 2.24) is 0 Å². The third kappa shape index (κ3) is 40.5. The Balaban J connectivity index is 0. The molecule has 7 heavy (non-hydrogen) atoms. The molecule has 0 aromatic heterocycles. The highest BCUT2D eigenvalue weighted by Crippen LogP contribution is 1.44. The summed E-state index contributed by atoms with van der Waals surface area (Å²) in [6, 6.07) is 0. The molecule has 4 N–H and O–H groups in total. The monoisotopic (exact) mass is 104 g/mol. The first-order valence-electron chi connectivity index (χ1n) is 1.50. The topological polar surface area (TPSA) is 87.2 Å². The highest BCUT2D eigenvalue weighted by Gasteiger charge is 1.72. The molecule has 0 bridgehead atoms. The van der Waals surface area contributed by atoms with Crippen molar-refractivity contribution in [3.8, 4) is 0 Å². The van der Waals surface area contributed by atoms with Crippen LogP contribution in [0, 0.1) is 5.41 Å². The highest BCUT2D eigenvalue weighted by molar-refractivity contribution is 5.77. The Hall–Kier alpha value is -0.900. The Labute approximate surface area is 41.5 Å². The number of rotatable bonds is 1. The minimum atomic E-state index is -0.333. The Kier molecular flexibility index (Phi) is 12.0. The molecule has 0 rings (SSSR count). The van der Waals surface area contributed by atoms with Gasteiger partial charge >= 0.3 is 0 Å². The van der Waals surface area contributed by atoms with E-state index in [-0.39, 0.29) is 12.4 Å². The van der Waals surface area contributed by atoms with Crippen LogP contribution < -0.4 is 5.73 Å². The van der Waals surface area contributed by atoms with E-state index in [2.05, 4.69) is 5.73 Å². The molecular weight excluding hydrogens is 96.0 g/mol. The van der Waals surface area contributed by atoms with E-state index in [0.29, 0.717) is 0 Å². The Morgan fingerprint density at radius 2 is 2.00 bits per heavy atom. The predicted molar refractivity (Wildman–Crippen MR) is 26.1 cm³/mol. The second kappa shape index (κ2) is 8.92. The van der Waals surface area contributed by atoms with Gasteiger partial charge in [-0.05, 0) is 0 Å². The Bertz CT molecular complexity index is 54.9. The maximum absolute atomic E-state index is 8.00. The number of nitrogens with two attached hydrogens (primary N) is 1. The lowest BCUT2D eigenvalue weighted by Gasteiger charge is -1.78.